The van der Waals surface area contributed by atoms with Crippen molar-refractivity contribution in [2.75, 3.05) is 0 Å². The number of hydrogen-bond acceptors (Lipinski definition) is 1. The molecular weight excluding hydrogens is 231 g/mol. The van der Waals surface area contributed by atoms with Gasteiger partial charge in [0.15, 0.2) is 0 Å². The van der Waals surface area contributed by atoms with E-state index >= 15 is 0 Å². The van der Waals surface area contributed by atoms with Gasteiger partial charge in [-0.1, -0.05) is 28.8 Å². The van der Waals surface area contributed by atoms with Crippen molar-refractivity contribution in [1.29, 1.82) is 0 Å². The molecule has 0 fully saturated rings. The number of aliphatic hydroxyl groups excluding tert-OH is 1. The molecule has 0 heterocycles. The molecule has 1 N–H and O–H groups in total. The summed E-state index contributed by atoms with van der Waals surface area (Å²) in [5.74, 6) is 0. The summed E-state index contributed by atoms with van der Waals surface area (Å²) in [6, 6.07) is 5.11. The van der Waals surface area contributed by atoms with E-state index in [1.807, 2.05) is 6.92 Å². The lowest BCUT2D eigenvalue weighted by atomic mass is 10.0. The molecule has 0 aliphatic rings. The summed E-state index contributed by atoms with van der Waals surface area (Å²) in [6.45, 7) is 5.73. The fourth-order valence-corrected chi connectivity index (χ4v) is 1.73. The molecule has 0 bridgehead atoms. The van der Waals surface area contributed by atoms with Gasteiger partial charge in [-0.05, 0) is 38.0 Å². The first kappa shape index (κ1) is 12.6. The maximum atomic E-state index is 9.89. The zero-order valence-corrected chi connectivity index (χ0v) is 10.1. The Kier molecular flexibility index (Phi) is 4.65. The van der Waals surface area contributed by atoms with E-state index < -0.39 is 6.10 Å². The van der Waals surface area contributed by atoms with Gasteiger partial charge >= 0.3 is 0 Å². The van der Waals surface area contributed by atoms with Crippen LogP contribution in [0.5, 0.6) is 0 Å². The number of hydrogen-bond donors (Lipinski definition) is 1. The van der Waals surface area contributed by atoms with Gasteiger partial charge in [0.05, 0.1) is 6.10 Å². The highest BCUT2D eigenvalue weighted by Gasteiger charge is 2.11. The average molecular weight is 245 g/mol. The van der Waals surface area contributed by atoms with Crippen LogP contribution in [0.3, 0.4) is 0 Å². The molecule has 0 radical (unpaired) electrons. The van der Waals surface area contributed by atoms with Crippen molar-refractivity contribution in [2.24, 2.45) is 0 Å². The predicted molar refractivity (Wildman–Crippen MR) is 65.5 cm³/mol. The Balaban J connectivity index is 2.76. The zero-order valence-electron chi connectivity index (χ0n) is 8.63. The maximum Gasteiger partial charge on any atom is 0.0808 e. The van der Waals surface area contributed by atoms with E-state index in [1.165, 1.54) is 0 Å². The van der Waals surface area contributed by atoms with Crippen LogP contribution in [0.2, 0.25) is 10.0 Å². The molecule has 1 aromatic carbocycles. The van der Waals surface area contributed by atoms with E-state index in [9.17, 15) is 5.11 Å². The van der Waals surface area contributed by atoms with Crippen LogP contribution >= 0.6 is 23.2 Å². The van der Waals surface area contributed by atoms with Crippen molar-refractivity contribution in [2.45, 2.75) is 25.9 Å². The first-order valence-corrected chi connectivity index (χ1v) is 5.53. The van der Waals surface area contributed by atoms with E-state index in [0.717, 1.165) is 12.0 Å². The number of allylic oxidation sites excluding steroid dienone is 1. The van der Waals surface area contributed by atoms with Crippen LogP contribution in [0.1, 0.15) is 31.4 Å². The molecule has 0 aliphatic heterocycles. The van der Waals surface area contributed by atoms with Gasteiger partial charge in [-0.15, -0.1) is 6.58 Å². The normalized spacial score (nSPS) is 12.5. The first-order chi connectivity index (χ1) is 7.00. The molecule has 3 heteroatoms. The average Bonchev–Trinajstić information content (AvgIpc) is 2.18. The largest absolute Gasteiger partial charge is 0.388 e. The molecule has 1 unspecified atom stereocenters. The Bertz CT molecular complexity index is 361. The minimum Gasteiger partial charge on any atom is -0.388 e. The SMILES string of the molecule is C=C(C)CCC(O)c1cc(Cl)ccc1Cl. The fourth-order valence-electron chi connectivity index (χ4n) is 1.31. The van der Waals surface area contributed by atoms with Crippen molar-refractivity contribution in [3.8, 4) is 0 Å². The molecule has 82 valence electrons. The minimum absolute atomic E-state index is 0.550. The number of halogens is 2. The second-order valence-corrected chi connectivity index (χ2v) is 4.52. The third-order valence-electron chi connectivity index (χ3n) is 2.16. The summed E-state index contributed by atoms with van der Waals surface area (Å²) in [4.78, 5) is 0. The Morgan fingerprint density at radius 1 is 1.47 bits per heavy atom. The lowest BCUT2D eigenvalue weighted by molar-refractivity contribution is 0.168. The van der Waals surface area contributed by atoms with E-state index in [2.05, 4.69) is 6.58 Å². The smallest absolute Gasteiger partial charge is 0.0808 e. The van der Waals surface area contributed by atoms with Crippen LogP contribution in [0, 0.1) is 0 Å². The maximum absolute atomic E-state index is 9.89. The second kappa shape index (κ2) is 5.55. The highest BCUT2D eigenvalue weighted by atomic mass is 35.5. The van der Waals surface area contributed by atoms with E-state index in [1.54, 1.807) is 18.2 Å². The highest BCUT2D eigenvalue weighted by Crippen LogP contribution is 2.29. The molecule has 0 spiro atoms. The van der Waals surface area contributed by atoms with Gasteiger partial charge in [0, 0.05) is 15.6 Å². The van der Waals surface area contributed by atoms with E-state index in [4.69, 9.17) is 23.2 Å². The molecule has 0 saturated carbocycles. The van der Waals surface area contributed by atoms with Crippen LogP contribution < -0.4 is 0 Å². The van der Waals surface area contributed by atoms with Crippen molar-refractivity contribution in [3.05, 3.63) is 46.0 Å². The lowest BCUT2D eigenvalue weighted by Gasteiger charge is -2.12. The summed E-state index contributed by atoms with van der Waals surface area (Å²) in [5, 5.41) is 11.0. The van der Waals surface area contributed by atoms with Crippen molar-refractivity contribution in [3.63, 3.8) is 0 Å². The zero-order chi connectivity index (χ0) is 11.4. The lowest BCUT2D eigenvalue weighted by Crippen LogP contribution is -1.98. The molecular formula is C12H14Cl2O. The topological polar surface area (TPSA) is 20.2 Å². The Labute approximate surface area is 100 Å². The summed E-state index contributed by atoms with van der Waals surface area (Å²) in [7, 11) is 0. The highest BCUT2D eigenvalue weighted by molar-refractivity contribution is 6.33. The van der Waals surface area contributed by atoms with Crippen molar-refractivity contribution in [1.82, 2.24) is 0 Å². The van der Waals surface area contributed by atoms with Gasteiger partial charge in [0.2, 0.25) is 0 Å². The van der Waals surface area contributed by atoms with Gasteiger partial charge in [0.1, 0.15) is 0 Å². The van der Waals surface area contributed by atoms with Crippen molar-refractivity contribution >= 4 is 23.2 Å². The number of rotatable bonds is 4. The molecule has 0 amide bonds. The van der Waals surface area contributed by atoms with E-state index in [0.29, 0.717) is 22.0 Å². The van der Waals surface area contributed by atoms with Crippen LogP contribution in [-0.2, 0) is 0 Å². The fraction of sp³-hybridized carbons (Fsp3) is 0.333. The summed E-state index contributed by atoms with van der Waals surface area (Å²) < 4.78 is 0. The van der Waals surface area contributed by atoms with Gasteiger partial charge in [-0.2, -0.15) is 0 Å². The van der Waals surface area contributed by atoms with Crippen LogP contribution in [-0.4, -0.2) is 5.11 Å². The molecule has 0 saturated heterocycles. The third kappa shape index (κ3) is 3.86. The van der Waals surface area contributed by atoms with Crippen LogP contribution in [0.4, 0.5) is 0 Å². The summed E-state index contributed by atoms with van der Waals surface area (Å²) in [6.07, 6.45) is 0.826. The Hall–Kier alpha value is -0.500. The van der Waals surface area contributed by atoms with E-state index in [-0.39, 0.29) is 0 Å². The number of benzene rings is 1. The molecule has 0 aliphatic carbocycles. The standard InChI is InChI=1S/C12H14Cl2O/c1-8(2)3-6-12(15)10-7-9(13)4-5-11(10)14/h4-5,7,12,15H,1,3,6H2,2H3. The van der Waals surface area contributed by atoms with Crippen molar-refractivity contribution < 1.29 is 5.11 Å². The summed E-state index contributed by atoms with van der Waals surface area (Å²) >= 11 is 11.8. The molecule has 1 nitrogen and oxygen atoms in total. The summed E-state index contributed by atoms with van der Waals surface area (Å²) in [5.41, 5.74) is 1.73. The van der Waals surface area contributed by atoms with Crippen LogP contribution in [0.15, 0.2) is 30.4 Å². The van der Waals surface area contributed by atoms with Gasteiger partial charge < -0.3 is 5.11 Å². The molecule has 0 aromatic heterocycles. The van der Waals surface area contributed by atoms with Gasteiger partial charge in [-0.3, -0.25) is 0 Å². The quantitative estimate of drug-likeness (QED) is 0.780. The third-order valence-corrected chi connectivity index (χ3v) is 2.74. The monoisotopic (exact) mass is 244 g/mol. The molecule has 1 rings (SSSR count). The molecule has 1 aromatic rings. The minimum atomic E-state index is -0.576. The molecule has 15 heavy (non-hydrogen) atoms. The first-order valence-electron chi connectivity index (χ1n) is 4.78. The van der Waals surface area contributed by atoms with Gasteiger partial charge in [-0.25, -0.2) is 0 Å². The van der Waals surface area contributed by atoms with Crippen LogP contribution in [0.25, 0.3) is 0 Å². The Morgan fingerprint density at radius 2 is 2.13 bits per heavy atom. The second-order valence-electron chi connectivity index (χ2n) is 3.68. The number of aliphatic hydroxyl groups is 1. The predicted octanol–water partition coefficient (Wildman–Crippen LogP) is 4.38. The molecule has 1 atom stereocenters. The van der Waals surface area contributed by atoms with Gasteiger partial charge in [0.25, 0.3) is 0 Å². The Morgan fingerprint density at radius 3 is 2.73 bits per heavy atom.